The molecule has 6 rings (SSSR count). The number of benzene rings is 3. The molecule has 220 valence electrons. The van der Waals surface area contributed by atoms with Gasteiger partial charge in [-0.05, 0) is 67.3 Å². The summed E-state index contributed by atoms with van der Waals surface area (Å²) in [5.74, 6) is 2.03. The second kappa shape index (κ2) is 12.8. The van der Waals surface area contributed by atoms with Crippen LogP contribution in [0.3, 0.4) is 0 Å². The molecule has 9 heteroatoms. The third-order valence-electron chi connectivity index (χ3n) is 8.25. The maximum Gasteiger partial charge on any atom is 0.319 e. The molecule has 3 amide bonds. The number of hydrogen-bond donors (Lipinski definition) is 4. The summed E-state index contributed by atoms with van der Waals surface area (Å²) in [7, 11) is 0. The van der Waals surface area contributed by atoms with Gasteiger partial charge in [0.25, 0.3) is 0 Å². The molecule has 1 saturated heterocycles. The van der Waals surface area contributed by atoms with E-state index in [2.05, 4.69) is 16.0 Å². The highest BCUT2D eigenvalue weighted by Gasteiger charge is 2.46. The first-order valence-electron chi connectivity index (χ1n) is 14.8. The van der Waals surface area contributed by atoms with E-state index in [1.807, 2.05) is 72.8 Å². The van der Waals surface area contributed by atoms with Crippen molar-refractivity contribution in [3.8, 4) is 17.2 Å². The first-order valence-corrected chi connectivity index (χ1v) is 14.8. The van der Waals surface area contributed by atoms with Crippen molar-refractivity contribution in [1.29, 1.82) is 0 Å². The Hall–Kier alpha value is -4.08. The van der Waals surface area contributed by atoms with Crippen LogP contribution < -0.4 is 25.4 Å². The summed E-state index contributed by atoms with van der Waals surface area (Å²) in [6, 6.07) is 22.8. The van der Waals surface area contributed by atoms with Crippen molar-refractivity contribution in [1.82, 2.24) is 10.6 Å². The average Bonchev–Trinajstić information content (AvgIpc) is 3.64. The standard InChI is InChI=1S/C33H37N3O6/c37-20-30-32-28(27-16-23(12-15-29(27)42-32)36-33(39)35-22-6-4-5-7-22)17-26(41-30)18-31(38)34-19-21-10-13-25(14-11-21)40-24-8-2-1-3-9-24/h1-3,8-16,22,26,28,30,32,37H,4-7,17-20H2,(H,34,38)(H2,35,36,39)/t26-,28+,30-,32-/m1/s1. The normalized spacial score (nSPS) is 22.9. The lowest BCUT2D eigenvalue weighted by Crippen LogP contribution is -2.47. The number of hydrogen-bond acceptors (Lipinski definition) is 6. The van der Waals surface area contributed by atoms with Crippen LogP contribution in [0.2, 0.25) is 0 Å². The van der Waals surface area contributed by atoms with Crippen LogP contribution >= 0.6 is 0 Å². The molecule has 0 radical (unpaired) electrons. The maximum atomic E-state index is 12.9. The van der Waals surface area contributed by atoms with Crippen LogP contribution in [-0.4, -0.2) is 48.0 Å². The number of aliphatic hydroxyl groups is 1. The highest BCUT2D eigenvalue weighted by atomic mass is 16.6. The van der Waals surface area contributed by atoms with Crippen molar-refractivity contribution in [2.45, 2.75) is 75.3 Å². The number of fused-ring (bicyclic) bond motifs is 3. The van der Waals surface area contributed by atoms with Gasteiger partial charge in [0.15, 0.2) is 0 Å². The van der Waals surface area contributed by atoms with Crippen LogP contribution in [-0.2, 0) is 16.1 Å². The zero-order valence-electron chi connectivity index (χ0n) is 23.5. The van der Waals surface area contributed by atoms with Gasteiger partial charge in [0.2, 0.25) is 5.91 Å². The first-order chi connectivity index (χ1) is 20.5. The second-order valence-electron chi connectivity index (χ2n) is 11.3. The minimum atomic E-state index is -0.548. The molecule has 0 spiro atoms. The lowest BCUT2D eigenvalue weighted by Gasteiger charge is -2.37. The summed E-state index contributed by atoms with van der Waals surface area (Å²) < 4.78 is 18.1. The van der Waals surface area contributed by atoms with Crippen molar-refractivity contribution in [2.24, 2.45) is 0 Å². The Kier molecular flexibility index (Phi) is 8.58. The maximum absolute atomic E-state index is 12.9. The molecule has 3 aromatic rings. The van der Waals surface area contributed by atoms with E-state index in [-0.39, 0.29) is 49.1 Å². The van der Waals surface area contributed by atoms with Crippen molar-refractivity contribution < 1.29 is 28.9 Å². The third-order valence-corrected chi connectivity index (χ3v) is 8.25. The lowest BCUT2D eigenvalue weighted by molar-refractivity contribution is -0.142. The molecule has 4 atom stereocenters. The Morgan fingerprint density at radius 2 is 1.71 bits per heavy atom. The Bertz CT molecular complexity index is 1380. The number of rotatable bonds is 9. The van der Waals surface area contributed by atoms with E-state index in [1.165, 1.54) is 0 Å². The van der Waals surface area contributed by atoms with Gasteiger partial charge in [0.1, 0.15) is 29.5 Å². The van der Waals surface area contributed by atoms with Crippen LogP contribution in [0.15, 0.2) is 72.8 Å². The second-order valence-corrected chi connectivity index (χ2v) is 11.3. The van der Waals surface area contributed by atoms with E-state index in [0.717, 1.165) is 54.1 Å². The summed E-state index contributed by atoms with van der Waals surface area (Å²) in [6.45, 7) is 0.177. The van der Waals surface area contributed by atoms with Gasteiger partial charge in [-0.3, -0.25) is 4.79 Å². The molecule has 4 N–H and O–H groups in total. The first kappa shape index (κ1) is 28.1. The summed E-state index contributed by atoms with van der Waals surface area (Å²) >= 11 is 0. The fourth-order valence-electron chi connectivity index (χ4n) is 6.17. The van der Waals surface area contributed by atoms with E-state index in [0.29, 0.717) is 18.7 Å². The fraction of sp³-hybridized carbons (Fsp3) is 0.394. The predicted octanol–water partition coefficient (Wildman–Crippen LogP) is 5.24. The summed E-state index contributed by atoms with van der Waals surface area (Å²) in [4.78, 5) is 25.4. The number of amides is 3. The van der Waals surface area contributed by atoms with Crippen molar-refractivity contribution in [2.75, 3.05) is 11.9 Å². The average molecular weight is 572 g/mol. The molecule has 2 heterocycles. The molecule has 42 heavy (non-hydrogen) atoms. The van der Waals surface area contributed by atoms with Gasteiger partial charge in [-0.1, -0.05) is 43.2 Å². The Morgan fingerprint density at radius 1 is 0.952 bits per heavy atom. The van der Waals surface area contributed by atoms with Gasteiger partial charge in [-0.15, -0.1) is 0 Å². The quantitative estimate of drug-likeness (QED) is 0.279. The monoisotopic (exact) mass is 571 g/mol. The van der Waals surface area contributed by atoms with Crippen molar-refractivity contribution >= 4 is 17.6 Å². The van der Waals surface area contributed by atoms with Gasteiger partial charge in [-0.2, -0.15) is 0 Å². The Morgan fingerprint density at radius 3 is 2.48 bits per heavy atom. The number of aliphatic hydroxyl groups excluding tert-OH is 1. The number of anilines is 1. The molecular formula is C33H37N3O6. The molecular weight excluding hydrogens is 534 g/mol. The number of carbonyl (C=O) groups is 2. The van der Waals surface area contributed by atoms with Gasteiger partial charge >= 0.3 is 6.03 Å². The van der Waals surface area contributed by atoms with Crippen LogP contribution in [0.25, 0.3) is 0 Å². The third kappa shape index (κ3) is 6.69. The highest BCUT2D eigenvalue weighted by Crippen LogP contribution is 2.47. The van der Waals surface area contributed by atoms with Crippen LogP contribution in [0.4, 0.5) is 10.5 Å². The molecule has 1 saturated carbocycles. The van der Waals surface area contributed by atoms with Crippen LogP contribution in [0.1, 0.15) is 55.6 Å². The number of ether oxygens (including phenoxy) is 3. The smallest absolute Gasteiger partial charge is 0.319 e. The molecule has 3 aromatic carbocycles. The van der Waals surface area contributed by atoms with Gasteiger partial charge in [0, 0.05) is 29.8 Å². The zero-order valence-corrected chi connectivity index (χ0v) is 23.5. The molecule has 9 nitrogen and oxygen atoms in total. The minimum absolute atomic E-state index is 0.0551. The number of urea groups is 1. The number of carbonyl (C=O) groups excluding carboxylic acids is 2. The number of nitrogens with one attached hydrogen (secondary N) is 3. The van der Waals surface area contributed by atoms with E-state index >= 15 is 0 Å². The Balaban J connectivity index is 1.03. The van der Waals surface area contributed by atoms with Gasteiger partial charge in [0.05, 0.1) is 19.1 Å². The predicted molar refractivity (Wildman–Crippen MR) is 158 cm³/mol. The SMILES string of the molecule is O=C(C[C@H]1C[C@H]2c3cc(NC(=O)NC4CCCC4)ccc3O[C@H]2[C@@H](CO)O1)NCc1ccc(Oc2ccccc2)cc1. The van der Waals surface area contributed by atoms with Crippen LogP contribution in [0.5, 0.6) is 17.2 Å². The molecule has 0 aromatic heterocycles. The summed E-state index contributed by atoms with van der Waals surface area (Å²) in [5.41, 5.74) is 2.61. The Labute approximate surface area is 245 Å². The highest BCUT2D eigenvalue weighted by molar-refractivity contribution is 5.89. The van der Waals surface area contributed by atoms with E-state index < -0.39 is 6.10 Å². The largest absolute Gasteiger partial charge is 0.487 e. The molecule has 0 bridgehead atoms. The zero-order chi connectivity index (χ0) is 28.9. The van der Waals surface area contributed by atoms with E-state index in [4.69, 9.17) is 14.2 Å². The minimum Gasteiger partial charge on any atom is -0.487 e. The molecule has 1 aliphatic carbocycles. The fourth-order valence-corrected chi connectivity index (χ4v) is 6.17. The van der Waals surface area contributed by atoms with Crippen LogP contribution in [0, 0.1) is 0 Å². The van der Waals surface area contributed by atoms with Crippen molar-refractivity contribution in [3.05, 3.63) is 83.9 Å². The van der Waals surface area contributed by atoms with E-state index in [1.54, 1.807) is 0 Å². The van der Waals surface area contributed by atoms with E-state index in [9.17, 15) is 14.7 Å². The van der Waals surface area contributed by atoms with Crippen molar-refractivity contribution in [3.63, 3.8) is 0 Å². The lowest BCUT2D eigenvalue weighted by atomic mass is 9.84. The number of para-hydroxylation sites is 1. The topological polar surface area (TPSA) is 118 Å². The molecule has 2 aliphatic heterocycles. The molecule has 0 unspecified atom stereocenters. The summed E-state index contributed by atoms with van der Waals surface area (Å²) in [6.07, 6.45) is 3.81. The van der Waals surface area contributed by atoms with Gasteiger partial charge in [-0.25, -0.2) is 4.79 Å². The van der Waals surface area contributed by atoms with Gasteiger partial charge < -0.3 is 35.3 Å². The molecule has 2 fully saturated rings. The molecule has 3 aliphatic rings. The summed E-state index contributed by atoms with van der Waals surface area (Å²) in [5, 5.41) is 19.0.